The van der Waals surface area contributed by atoms with Crippen molar-refractivity contribution in [3.8, 4) is 6.07 Å². The van der Waals surface area contributed by atoms with Crippen molar-refractivity contribution >= 4 is 0 Å². The van der Waals surface area contributed by atoms with Crippen molar-refractivity contribution in [2.75, 3.05) is 6.54 Å². The summed E-state index contributed by atoms with van der Waals surface area (Å²) >= 11 is 0. The number of rotatable bonds is 4. The molecule has 50 valence electrons. The van der Waals surface area contributed by atoms with E-state index in [1.807, 2.05) is 0 Å². The van der Waals surface area contributed by atoms with Crippen molar-refractivity contribution in [3.63, 3.8) is 0 Å². The molecule has 0 amide bonds. The molecular weight excluding hydrogens is 112 g/mol. The quantitative estimate of drug-likeness (QED) is 0.568. The summed E-state index contributed by atoms with van der Waals surface area (Å²) in [6.07, 6.45) is 4.38. The van der Waals surface area contributed by atoms with Crippen LogP contribution < -0.4 is 5.32 Å². The first-order valence-electron chi connectivity index (χ1n) is 3.54. The number of hydrogen-bond donors (Lipinski definition) is 1. The van der Waals surface area contributed by atoms with E-state index in [9.17, 15) is 0 Å². The van der Waals surface area contributed by atoms with Gasteiger partial charge in [0.1, 0.15) is 0 Å². The normalized spacial score (nSPS) is 17.2. The Hall–Kier alpha value is -0.550. The van der Waals surface area contributed by atoms with Gasteiger partial charge in [0.15, 0.2) is 0 Å². The van der Waals surface area contributed by atoms with Gasteiger partial charge in [-0.05, 0) is 25.8 Å². The maximum atomic E-state index is 8.17. The molecule has 0 spiro atoms. The van der Waals surface area contributed by atoms with E-state index >= 15 is 0 Å². The minimum Gasteiger partial charge on any atom is -0.314 e. The molecule has 1 N–H and O–H groups in total. The van der Waals surface area contributed by atoms with Gasteiger partial charge in [-0.15, -0.1) is 0 Å². The first kappa shape index (κ1) is 6.57. The predicted octanol–water partition coefficient (Wildman–Crippen LogP) is 1.04. The van der Waals surface area contributed by atoms with E-state index in [2.05, 4.69) is 11.4 Å². The van der Waals surface area contributed by atoms with Gasteiger partial charge in [0.25, 0.3) is 0 Å². The van der Waals surface area contributed by atoms with Crippen LogP contribution in [-0.2, 0) is 0 Å². The summed E-state index contributed by atoms with van der Waals surface area (Å²) in [5, 5.41) is 11.5. The van der Waals surface area contributed by atoms with E-state index in [-0.39, 0.29) is 0 Å². The van der Waals surface area contributed by atoms with E-state index in [4.69, 9.17) is 5.26 Å². The summed E-state index contributed by atoms with van der Waals surface area (Å²) in [5.74, 6) is 0. The van der Waals surface area contributed by atoms with E-state index in [0.29, 0.717) is 6.42 Å². The van der Waals surface area contributed by atoms with Crippen LogP contribution in [0.1, 0.15) is 25.7 Å². The van der Waals surface area contributed by atoms with Crippen molar-refractivity contribution in [2.24, 2.45) is 0 Å². The minimum absolute atomic E-state index is 0.694. The Bertz CT molecular complexity index is 111. The van der Waals surface area contributed by atoms with Crippen LogP contribution in [0.15, 0.2) is 0 Å². The summed E-state index contributed by atoms with van der Waals surface area (Å²) < 4.78 is 0. The van der Waals surface area contributed by atoms with Crippen molar-refractivity contribution in [3.05, 3.63) is 0 Å². The number of nitrogens with one attached hydrogen (secondary N) is 1. The molecule has 0 aromatic heterocycles. The molecule has 1 fully saturated rings. The Labute approximate surface area is 55.9 Å². The number of unbranched alkanes of at least 4 members (excludes halogenated alkanes) is 1. The van der Waals surface area contributed by atoms with Crippen LogP contribution in [0.4, 0.5) is 0 Å². The molecule has 0 saturated heterocycles. The van der Waals surface area contributed by atoms with Crippen molar-refractivity contribution in [1.82, 2.24) is 5.32 Å². The standard InChI is InChI=1S/C7H12N2/c8-5-1-2-6-9-7-3-4-7/h7,9H,1-4,6H2. The zero-order valence-corrected chi connectivity index (χ0v) is 5.56. The molecule has 1 rings (SSSR count). The van der Waals surface area contributed by atoms with E-state index < -0.39 is 0 Å². The molecule has 0 radical (unpaired) electrons. The number of hydrogen-bond acceptors (Lipinski definition) is 2. The van der Waals surface area contributed by atoms with E-state index in [0.717, 1.165) is 19.0 Å². The average molecular weight is 124 g/mol. The molecule has 0 aliphatic heterocycles. The van der Waals surface area contributed by atoms with Crippen molar-refractivity contribution in [1.29, 1.82) is 5.26 Å². The van der Waals surface area contributed by atoms with Gasteiger partial charge < -0.3 is 5.32 Å². The molecule has 0 atom stereocenters. The van der Waals surface area contributed by atoms with Crippen LogP contribution in [0, 0.1) is 11.3 Å². The second kappa shape index (κ2) is 3.47. The minimum atomic E-state index is 0.694. The van der Waals surface area contributed by atoms with Crippen LogP contribution in [0.25, 0.3) is 0 Å². The van der Waals surface area contributed by atoms with Gasteiger partial charge in [0.2, 0.25) is 0 Å². The van der Waals surface area contributed by atoms with Gasteiger partial charge in [-0.25, -0.2) is 0 Å². The van der Waals surface area contributed by atoms with Crippen molar-refractivity contribution < 1.29 is 0 Å². The highest BCUT2D eigenvalue weighted by molar-refractivity contribution is 4.81. The molecule has 2 heteroatoms. The highest BCUT2D eigenvalue weighted by Crippen LogP contribution is 2.18. The predicted molar refractivity (Wildman–Crippen MR) is 35.9 cm³/mol. The molecule has 9 heavy (non-hydrogen) atoms. The van der Waals surface area contributed by atoms with Gasteiger partial charge >= 0.3 is 0 Å². The van der Waals surface area contributed by atoms with Crippen LogP contribution in [0.3, 0.4) is 0 Å². The zero-order chi connectivity index (χ0) is 6.53. The lowest BCUT2D eigenvalue weighted by molar-refractivity contribution is 0.653. The molecule has 0 unspecified atom stereocenters. The monoisotopic (exact) mass is 124 g/mol. The maximum Gasteiger partial charge on any atom is 0.0622 e. The Balaban J connectivity index is 1.77. The Kier molecular flexibility index (Phi) is 2.53. The van der Waals surface area contributed by atoms with Crippen LogP contribution in [0.5, 0.6) is 0 Å². The molecular formula is C7H12N2. The Morgan fingerprint density at radius 1 is 1.56 bits per heavy atom. The van der Waals surface area contributed by atoms with Gasteiger partial charge in [0.05, 0.1) is 6.07 Å². The lowest BCUT2D eigenvalue weighted by atomic mass is 10.3. The van der Waals surface area contributed by atoms with Gasteiger partial charge in [-0.1, -0.05) is 0 Å². The maximum absolute atomic E-state index is 8.17. The molecule has 0 aromatic carbocycles. The molecule has 1 aliphatic rings. The number of nitriles is 1. The van der Waals surface area contributed by atoms with E-state index in [1.54, 1.807) is 0 Å². The first-order valence-corrected chi connectivity index (χ1v) is 3.54. The smallest absolute Gasteiger partial charge is 0.0622 e. The summed E-state index contributed by atoms with van der Waals surface area (Å²) in [7, 11) is 0. The SMILES string of the molecule is N#CCCCNC1CC1. The fourth-order valence-electron chi connectivity index (χ4n) is 0.761. The summed E-state index contributed by atoms with van der Waals surface area (Å²) in [4.78, 5) is 0. The van der Waals surface area contributed by atoms with Gasteiger partial charge in [-0.3, -0.25) is 0 Å². The largest absolute Gasteiger partial charge is 0.314 e. The fourth-order valence-corrected chi connectivity index (χ4v) is 0.761. The summed E-state index contributed by atoms with van der Waals surface area (Å²) in [6.45, 7) is 1.03. The van der Waals surface area contributed by atoms with E-state index in [1.165, 1.54) is 12.8 Å². The van der Waals surface area contributed by atoms with Crippen LogP contribution in [0.2, 0.25) is 0 Å². The van der Waals surface area contributed by atoms with Crippen LogP contribution >= 0.6 is 0 Å². The second-order valence-electron chi connectivity index (χ2n) is 2.49. The molecule has 0 aromatic rings. The lowest BCUT2D eigenvalue weighted by Crippen LogP contribution is -2.16. The lowest BCUT2D eigenvalue weighted by Gasteiger charge is -1.96. The summed E-state index contributed by atoms with van der Waals surface area (Å²) in [6, 6.07) is 2.92. The average Bonchev–Trinajstić information content (AvgIpc) is 2.63. The third-order valence-electron chi connectivity index (χ3n) is 1.48. The first-order chi connectivity index (χ1) is 4.43. The zero-order valence-electron chi connectivity index (χ0n) is 5.56. The molecule has 1 saturated carbocycles. The fraction of sp³-hybridized carbons (Fsp3) is 0.857. The third-order valence-corrected chi connectivity index (χ3v) is 1.48. The number of nitrogens with zero attached hydrogens (tertiary/aromatic N) is 1. The highest BCUT2D eigenvalue weighted by atomic mass is 14.9. The second-order valence-corrected chi connectivity index (χ2v) is 2.49. The Morgan fingerprint density at radius 3 is 2.89 bits per heavy atom. The Morgan fingerprint density at radius 2 is 2.33 bits per heavy atom. The van der Waals surface area contributed by atoms with Crippen LogP contribution in [-0.4, -0.2) is 12.6 Å². The third kappa shape index (κ3) is 3.10. The highest BCUT2D eigenvalue weighted by Gasteiger charge is 2.19. The molecule has 0 bridgehead atoms. The van der Waals surface area contributed by atoms with Gasteiger partial charge in [-0.2, -0.15) is 5.26 Å². The summed E-state index contributed by atoms with van der Waals surface area (Å²) in [5.41, 5.74) is 0. The van der Waals surface area contributed by atoms with Crippen molar-refractivity contribution in [2.45, 2.75) is 31.7 Å². The molecule has 0 heterocycles. The molecule has 2 nitrogen and oxygen atoms in total. The topological polar surface area (TPSA) is 35.8 Å². The van der Waals surface area contributed by atoms with Gasteiger partial charge in [0, 0.05) is 12.5 Å². The molecule has 1 aliphatic carbocycles.